The quantitative estimate of drug-likeness (QED) is 0.806. The van der Waals surface area contributed by atoms with E-state index >= 15 is 0 Å². The maximum Gasteiger partial charge on any atom is 0.162 e. The van der Waals surface area contributed by atoms with Crippen LogP contribution in [0.25, 0.3) is 0 Å². The second-order valence-electron chi connectivity index (χ2n) is 7.49. The third kappa shape index (κ3) is 1.70. The van der Waals surface area contributed by atoms with Crippen LogP contribution in [0.4, 0.5) is 0 Å². The van der Waals surface area contributed by atoms with Gasteiger partial charge in [0, 0.05) is 35.8 Å². The van der Waals surface area contributed by atoms with E-state index in [1.54, 1.807) is 7.11 Å². The number of Topliss-reactive ketones (excluding diaryl/α,β-unsaturated/α-hetero) is 1. The maximum atomic E-state index is 12.8. The number of ether oxygens (including phenoxy) is 1. The Morgan fingerprint density at radius 1 is 1.29 bits per heavy atom. The Hall–Kier alpha value is -1.49. The molecule has 1 spiro atoms. The number of nitrogens with one attached hydrogen (secondary N) is 1. The van der Waals surface area contributed by atoms with E-state index < -0.39 is 0 Å². The van der Waals surface area contributed by atoms with E-state index in [-0.39, 0.29) is 16.9 Å². The summed E-state index contributed by atoms with van der Waals surface area (Å²) in [5.74, 6) is 1.18. The zero-order chi connectivity index (χ0) is 14.8. The molecule has 1 N–H and O–H groups in total. The molecule has 5 nitrogen and oxygen atoms in total. The van der Waals surface area contributed by atoms with Gasteiger partial charge >= 0.3 is 0 Å². The minimum atomic E-state index is -0.159. The molecule has 0 saturated heterocycles. The predicted octanol–water partition coefficient (Wildman–Crippen LogP) is 2.71. The highest BCUT2D eigenvalue weighted by Gasteiger charge is 2.57. The summed E-state index contributed by atoms with van der Waals surface area (Å²) in [5.41, 5.74) is 3.13. The molecule has 0 radical (unpaired) electrons. The highest BCUT2D eigenvalue weighted by Crippen LogP contribution is 2.60. The highest BCUT2D eigenvalue weighted by molar-refractivity contribution is 6.00. The standard InChI is InChI=1S/C16H21N3O2/c1-15(2)6-11-13(12(20)7-15)16(4-9(5-16)21-3)10-8-17-19-14(10)18-11/h9,18H,4-8H2,1-3H3. The Bertz CT molecular complexity index is 621. The molecule has 112 valence electrons. The van der Waals surface area contributed by atoms with Crippen molar-refractivity contribution in [2.24, 2.45) is 21.1 Å². The minimum absolute atomic E-state index is 0.0162. The van der Waals surface area contributed by atoms with Gasteiger partial charge in [-0.2, -0.15) is 5.11 Å². The number of carbonyl (C=O) groups excluding carboxylic acids is 1. The Morgan fingerprint density at radius 2 is 2.05 bits per heavy atom. The molecule has 0 aromatic carbocycles. The van der Waals surface area contributed by atoms with Crippen LogP contribution in [-0.2, 0) is 9.53 Å². The number of carbonyl (C=O) groups is 1. The number of dihydropyridines is 1. The van der Waals surface area contributed by atoms with Crippen molar-refractivity contribution >= 4 is 5.78 Å². The van der Waals surface area contributed by atoms with Gasteiger partial charge in [0.2, 0.25) is 0 Å². The van der Waals surface area contributed by atoms with Crippen LogP contribution >= 0.6 is 0 Å². The number of nitrogens with zero attached hydrogens (tertiary/aromatic N) is 2. The van der Waals surface area contributed by atoms with Gasteiger partial charge in [0.05, 0.1) is 12.6 Å². The van der Waals surface area contributed by atoms with Crippen LogP contribution in [0.1, 0.15) is 39.5 Å². The summed E-state index contributed by atoms with van der Waals surface area (Å²) in [7, 11) is 1.75. The van der Waals surface area contributed by atoms with Gasteiger partial charge in [-0.3, -0.25) is 4.79 Å². The molecule has 0 aromatic heterocycles. The summed E-state index contributed by atoms with van der Waals surface area (Å²) in [4.78, 5) is 12.8. The molecule has 2 aliphatic carbocycles. The Balaban J connectivity index is 1.80. The van der Waals surface area contributed by atoms with E-state index in [9.17, 15) is 4.79 Å². The van der Waals surface area contributed by atoms with Crippen LogP contribution in [0.3, 0.4) is 0 Å². The Kier molecular flexibility index (Phi) is 2.53. The van der Waals surface area contributed by atoms with Gasteiger partial charge < -0.3 is 10.1 Å². The first-order valence-corrected chi connectivity index (χ1v) is 7.63. The fraction of sp³-hybridized carbons (Fsp3) is 0.688. The molecular formula is C16H21N3O2. The molecule has 1 fully saturated rings. The van der Waals surface area contributed by atoms with Crippen molar-refractivity contribution in [1.82, 2.24) is 5.32 Å². The molecule has 4 rings (SSSR count). The lowest BCUT2D eigenvalue weighted by molar-refractivity contribution is -0.121. The lowest BCUT2D eigenvalue weighted by Gasteiger charge is -2.53. The van der Waals surface area contributed by atoms with Crippen LogP contribution < -0.4 is 5.32 Å². The normalized spacial score (nSPS) is 36.5. The molecule has 0 atom stereocenters. The van der Waals surface area contributed by atoms with Crippen molar-refractivity contribution < 1.29 is 9.53 Å². The summed E-state index contributed by atoms with van der Waals surface area (Å²) in [6.45, 7) is 4.93. The summed E-state index contributed by atoms with van der Waals surface area (Å²) >= 11 is 0. The Morgan fingerprint density at radius 3 is 2.76 bits per heavy atom. The molecule has 4 aliphatic rings. The molecule has 2 aliphatic heterocycles. The second kappa shape index (κ2) is 4.03. The molecule has 5 heteroatoms. The number of hydrogen-bond acceptors (Lipinski definition) is 5. The molecule has 0 aromatic rings. The van der Waals surface area contributed by atoms with Gasteiger partial charge in [0.25, 0.3) is 0 Å². The van der Waals surface area contributed by atoms with Crippen molar-refractivity contribution in [3.63, 3.8) is 0 Å². The van der Waals surface area contributed by atoms with Gasteiger partial charge in [-0.1, -0.05) is 13.8 Å². The highest BCUT2D eigenvalue weighted by atomic mass is 16.5. The molecule has 0 bridgehead atoms. The Labute approximate surface area is 124 Å². The fourth-order valence-electron chi connectivity index (χ4n) is 4.40. The molecule has 1 saturated carbocycles. The third-order valence-electron chi connectivity index (χ3n) is 5.37. The van der Waals surface area contributed by atoms with Crippen molar-refractivity contribution in [2.45, 2.75) is 45.6 Å². The van der Waals surface area contributed by atoms with Gasteiger partial charge in [-0.15, -0.1) is 5.11 Å². The van der Waals surface area contributed by atoms with Gasteiger partial charge in [-0.25, -0.2) is 0 Å². The average Bonchev–Trinajstić information content (AvgIpc) is 2.79. The first-order chi connectivity index (χ1) is 9.95. The van der Waals surface area contributed by atoms with Gasteiger partial charge in [0.1, 0.15) is 0 Å². The van der Waals surface area contributed by atoms with E-state index in [1.807, 2.05) is 0 Å². The van der Waals surface area contributed by atoms with Crippen molar-refractivity contribution in [3.05, 3.63) is 22.7 Å². The number of allylic oxidation sites excluding steroid dienone is 2. The zero-order valence-electron chi connectivity index (χ0n) is 12.8. The van der Waals surface area contributed by atoms with E-state index in [0.29, 0.717) is 18.7 Å². The van der Waals surface area contributed by atoms with Crippen LogP contribution in [-0.4, -0.2) is 25.5 Å². The second-order valence-corrected chi connectivity index (χ2v) is 7.49. The molecule has 0 amide bonds. The minimum Gasteiger partial charge on any atom is -0.381 e. The van der Waals surface area contributed by atoms with Crippen LogP contribution in [0.5, 0.6) is 0 Å². The van der Waals surface area contributed by atoms with Crippen molar-refractivity contribution in [3.8, 4) is 0 Å². The van der Waals surface area contributed by atoms with Crippen LogP contribution in [0.2, 0.25) is 0 Å². The first-order valence-electron chi connectivity index (χ1n) is 7.63. The van der Waals surface area contributed by atoms with Crippen molar-refractivity contribution in [1.29, 1.82) is 0 Å². The van der Waals surface area contributed by atoms with E-state index in [4.69, 9.17) is 4.74 Å². The number of ketones is 1. The number of methoxy groups -OCH3 is 1. The zero-order valence-corrected chi connectivity index (χ0v) is 12.8. The predicted molar refractivity (Wildman–Crippen MR) is 77.4 cm³/mol. The fourth-order valence-corrected chi connectivity index (χ4v) is 4.40. The number of fused-ring (bicyclic) bond motifs is 2. The molecule has 21 heavy (non-hydrogen) atoms. The molecular weight excluding hydrogens is 266 g/mol. The van der Waals surface area contributed by atoms with E-state index in [0.717, 1.165) is 36.4 Å². The van der Waals surface area contributed by atoms with Gasteiger partial charge in [0.15, 0.2) is 11.6 Å². The maximum absolute atomic E-state index is 12.8. The van der Waals surface area contributed by atoms with Gasteiger partial charge in [-0.05, 0) is 24.7 Å². The molecule has 0 unspecified atom stereocenters. The number of azo groups is 1. The lowest BCUT2D eigenvalue weighted by Crippen LogP contribution is -2.52. The smallest absolute Gasteiger partial charge is 0.162 e. The first kappa shape index (κ1) is 13.2. The van der Waals surface area contributed by atoms with Crippen LogP contribution in [0, 0.1) is 10.8 Å². The molecule has 2 heterocycles. The average molecular weight is 287 g/mol. The summed E-state index contributed by atoms with van der Waals surface area (Å²) < 4.78 is 5.48. The van der Waals surface area contributed by atoms with E-state index in [1.165, 1.54) is 5.57 Å². The third-order valence-corrected chi connectivity index (χ3v) is 5.37. The topological polar surface area (TPSA) is 63.1 Å². The van der Waals surface area contributed by atoms with Crippen LogP contribution in [0.15, 0.2) is 32.9 Å². The number of rotatable bonds is 1. The number of hydrogen-bond donors (Lipinski definition) is 1. The SMILES string of the molecule is COC1CC2(C1)C1=C(N=NC1)NC1=C2C(=O)CC(C)(C)C1. The monoisotopic (exact) mass is 287 g/mol. The summed E-state index contributed by atoms with van der Waals surface area (Å²) in [6.07, 6.45) is 3.55. The largest absolute Gasteiger partial charge is 0.381 e. The van der Waals surface area contributed by atoms with E-state index in [2.05, 4.69) is 29.4 Å². The van der Waals surface area contributed by atoms with Crippen molar-refractivity contribution in [2.75, 3.05) is 13.7 Å². The summed E-state index contributed by atoms with van der Waals surface area (Å²) in [6, 6.07) is 0. The lowest BCUT2D eigenvalue weighted by atomic mass is 9.53. The summed E-state index contributed by atoms with van der Waals surface area (Å²) in [5, 5.41) is 11.8.